The Morgan fingerprint density at radius 3 is 2.38 bits per heavy atom. The molecule has 1 saturated carbocycles. The Kier molecular flexibility index (Phi) is 1.24. The lowest BCUT2D eigenvalue weighted by Crippen LogP contribution is -1.99. The lowest BCUT2D eigenvalue weighted by molar-refractivity contribution is 0.316. The summed E-state index contributed by atoms with van der Waals surface area (Å²) in [6.07, 6.45) is 1.39. The molecule has 0 bridgehead atoms. The number of thioether (sulfide) groups is 2. The van der Waals surface area contributed by atoms with Crippen molar-refractivity contribution in [2.24, 2.45) is 0 Å². The molecule has 0 aromatic rings. The molecule has 0 amide bonds. The minimum Gasteiger partial charge on any atom is -0.394 e. The normalized spacial score (nSPS) is 51.4. The van der Waals surface area contributed by atoms with Gasteiger partial charge in [0.05, 0.1) is 11.2 Å². The molecule has 8 heavy (non-hydrogen) atoms. The molecular formula is C5H8OS2. The molecule has 0 aromatic carbocycles. The van der Waals surface area contributed by atoms with Crippen molar-refractivity contribution in [3.63, 3.8) is 0 Å². The van der Waals surface area contributed by atoms with Gasteiger partial charge in [0.1, 0.15) is 0 Å². The van der Waals surface area contributed by atoms with Gasteiger partial charge in [-0.15, -0.1) is 23.5 Å². The van der Waals surface area contributed by atoms with Crippen LogP contribution in [0.3, 0.4) is 0 Å². The molecule has 2 unspecified atom stereocenters. The fourth-order valence-electron chi connectivity index (χ4n) is 0.945. The average Bonchev–Trinajstić information content (AvgIpc) is 2.40. The predicted octanol–water partition coefficient (Wildman–Crippen LogP) is 0.926. The quantitative estimate of drug-likeness (QED) is 0.597. The highest BCUT2D eigenvalue weighted by Crippen LogP contribution is 2.57. The molecular weight excluding hydrogens is 140 g/mol. The standard InChI is InChI=1S/C5H8OS2/c6-2-5-7-3-1-4(3)8-5/h3-6H,1-2H2. The molecule has 0 radical (unpaired) electrons. The zero-order chi connectivity index (χ0) is 5.56. The van der Waals surface area contributed by atoms with E-state index in [0.717, 1.165) is 10.5 Å². The Bertz CT molecular complexity index is 96.6. The summed E-state index contributed by atoms with van der Waals surface area (Å²) in [6.45, 7) is 0.363. The molecule has 3 heteroatoms. The fourth-order valence-corrected chi connectivity index (χ4v) is 4.50. The molecule has 1 heterocycles. The molecule has 2 aliphatic rings. The summed E-state index contributed by atoms with van der Waals surface area (Å²) in [6, 6.07) is 0. The third kappa shape index (κ3) is 0.769. The first-order chi connectivity index (χ1) is 3.90. The summed E-state index contributed by atoms with van der Waals surface area (Å²) in [5.41, 5.74) is 0. The highest BCUT2D eigenvalue weighted by atomic mass is 32.2. The van der Waals surface area contributed by atoms with Crippen LogP contribution >= 0.6 is 23.5 Å². The highest BCUT2D eigenvalue weighted by Gasteiger charge is 2.47. The maximum absolute atomic E-state index is 8.66. The van der Waals surface area contributed by atoms with E-state index >= 15 is 0 Å². The van der Waals surface area contributed by atoms with Gasteiger partial charge in [0, 0.05) is 10.5 Å². The maximum Gasteiger partial charge on any atom is 0.0739 e. The number of fused-ring (bicyclic) bond motifs is 1. The largest absolute Gasteiger partial charge is 0.394 e. The van der Waals surface area contributed by atoms with Gasteiger partial charge < -0.3 is 5.11 Å². The van der Waals surface area contributed by atoms with E-state index in [1.165, 1.54) is 6.42 Å². The van der Waals surface area contributed by atoms with Gasteiger partial charge in [0.15, 0.2) is 0 Å². The number of hydrogen-bond donors (Lipinski definition) is 1. The number of aliphatic hydroxyl groups is 1. The van der Waals surface area contributed by atoms with Crippen LogP contribution in [0.15, 0.2) is 0 Å². The second-order valence-corrected chi connectivity index (χ2v) is 5.39. The number of hydrogen-bond acceptors (Lipinski definition) is 3. The van der Waals surface area contributed by atoms with Gasteiger partial charge in [0.2, 0.25) is 0 Å². The predicted molar refractivity (Wildman–Crippen MR) is 38.2 cm³/mol. The number of aliphatic hydroxyl groups excluding tert-OH is 1. The van der Waals surface area contributed by atoms with Crippen molar-refractivity contribution in [1.82, 2.24) is 0 Å². The van der Waals surface area contributed by atoms with Crippen LogP contribution in [-0.4, -0.2) is 26.8 Å². The third-order valence-electron chi connectivity index (χ3n) is 1.48. The molecule has 1 aliphatic carbocycles. The molecule has 2 rings (SSSR count). The Morgan fingerprint density at radius 1 is 1.38 bits per heavy atom. The van der Waals surface area contributed by atoms with E-state index in [0.29, 0.717) is 11.2 Å². The van der Waals surface area contributed by atoms with Crippen LogP contribution in [0, 0.1) is 0 Å². The zero-order valence-corrected chi connectivity index (χ0v) is 6.04. The Labute approximate surface area is 57.2 Å². The van der Waals surface area contributed by atoms with Gasteiger partial charge in [-0.3, -0.25) is 0 Å². The molecule has 2 fully saturated rings. The monoisotopic (exact) mass is 148 g/mol. The highest BCUT2D eigenvalue weighted by molar-refractivity contribution is 8.21. The van der Waals surface area contributed by atoms with Crippen molar-refractivity contribution in [2.45, 2.75) is 21.5 Å². The smallest absolute Gasteiger partial charge is 0.0739 e. The van der Waals surface area contributed by atoms with Gasteiger partial charge >= 0.3 is 0 Å². The Balaban J connectivity index is 1.89. The minimum absolute atomic E-state index is 0.363. The Morgan fingerprint density at radius 2 is 2.00 bits per heavy atom. The second kappa shape index (κ2) is 1.82. The van der Waals surface area contributed by atoms with Crippen molar-refractivity contribution in [1.29, 1.82) is 0 Å². The molecule has 2 atom stereocenters. The van der Waals surface area contributed by atoms with E-state index in [4.69, 9.17) is 5.11 Å². The molecule has 1 saturated heterocycles. The minimum atomic E-state index is 0.363. The first-order valence-corrected chi connectivity index (χ1v) is 4.70. The van der Waals surface area contributed by atoms with E-state index in [1.807, 2.05) is 23.5 Å². The Hall–Kier alpha value is 0.660. The van der Waals surface area contributed by atoms with Crippen LogP contribution in [0.4, 0.5) is 0 Å². The first kappa shape index (κ1) is 5.45. The van der Waals surface area contributed by atoms with Gasteiger partial charge in [0.25, 0.3) is 0 Å². The summed E-state index contributed by atoms with van der Waals surface area (Å²) in [4.78, 5) is 0. The van der Waals surface area contributed by atoms with Crippen molar-refractivity contribution >= 4 is 23.5 Å². The number of rotatable bonds is 1. The summed E-state index contributed by atoms with van der Waals surface area (Å²) in [5.74, 6) is 0. The second-order valence-electron chi connectivity index (χ2n) is 2.20. The summed E-state index contributed by atoms with van der Waals surface area (Å²) < 4.78 is 0.513. The van der Waals surface area contributed by atoms with Crippen LogP contribution < -0.4 is 0 Å². The van der Waals surface area contributed by atoms with Crippen LogP contribution in [0.5, 0.6) is 0 Å². The van der Waals surface area contributed by atoms with Gasteiger partial charge in [-0.05, 0) is 6.42 Å². The van der Waals surface area contributed by atoms with E-state index in [-0.39, 0.29) is 0 Å². The zero-order valence-electron chi connectivity index (χ0n) is 4.41. The topological polar surface area (TPSA) is 20.2 Å². The lowest BCUT2D eigenvalue weighted by Gasteiger charge is -2.03. The van der Waals surface area contributed by atoms with Crippen molar-refractivity contribution in [2.75, 3.05) is 6.61 Å². The molecule has 0 spiro atoms. The van der Waals surface area contributed by atoms with Gasteiger partial charge in [-0.25, -0.2) is 0 Å². The molecule has 46 valence electrons. The van der Waals surface area contributed by atoms with Crippen LogP contribution in [0.25, 0.3) is 0 Å². The average molecular weight is 148 g/mol. The van der Waals surface area contributed by atoms with E-state index in [1.54, 1.807) is 0 Å². The van der Waals surface area contributed by atoms with Crippen molar-refractivity contribution in [3.8, 4) is 0 Å². The van der Waals surface area contributed by atoms with Crippen LogP contribution in [0.2, 0.25) is 0 Å². The van der Waals surface area contributed by atoms with E-state index < -0.39 is 0 Å². The summed E-state index contributed by atoms with van der Waals surface area (Å²) >= 11 is 3.91. The van der Waals surface area contributed by atoms with Gasteiger partial charge in [-0.1, -0.05) is 0 Å². The molecule has 1 aliphatic heterocycles. The van der Waals surface area contributed by atoms with E-state index in [2.05, 4.69) is 0 Å². The van der Waals surface area contributed by atoms with Crippen molar-refractivity contribution < 1.29 is 5.11 Å². The third-order valence-corrected chi connectivity index (χ3v) is 4.96. The molecule has 1 N–H and O–H groups in total. The van der Waals surface area contributed by atoms with Gasteiger partial charge in [-0.2, -0.15) is 0 Å². The SMILES string of the molecule is OCC1SC2CC2S1. The fraction of sp³-hybridized carbons (Fsp3) is 1.00. The summed E-state index contributed by atoms with van der Waals surface area (Å²) in [7, 11) is 0. The summed E-state index contributed by atoms with van der Waals surface area (Å²) in [5, 5.41) is 10.5. The maximum atomic E-state index is 8.66. The first-order valence-electron chi connectivity index (χ1n) is 2.82. The van der Waals surface area contributed by atoms with Crippen LogP contribution in [-0.2, 0) is 0 Å². The molecule has 0 aromatic heterocycles. The van der Waals surface area contributed by atoms with E-state index in [9.17, 15) is 0 Å². The molecule has 1 nitrogen and oxygen atoms in total. The lowest BCUT2D eigenvalue weighted by atomic mass is 10.9. The van der Waals surface area contributed by atoms with Crippen LogP contribution in [0.1, 0.15) is 6.42 Å². The van der Waals surface area contributed by atoms with Crippen molar-refractivity contribution in [3.05, 3.63) is 0 Å².